The quantitative estimate of drug-likeness (QED) is 0.908. The molecule has 0 aromatic heterocycles. The lowest BCUT2D eigenvalue weighted by molar-refractivity contribution is 0.522. The van der Waals surface area contributed by atoms with Gasteiger partial charge in [0.25, 0.3) is 0 Å². The minimum atomic E-state index is 0.0898. The molecule has 0 saturated carbocycles. The summed E-state index contributed by atoms with van der Waals surface area (Å²) in [6, 6.07) is 19.3. The Bertz CT molecular complexity index is 542. The van der Waals surface area contributed by atoms with Gasteiger partial charge in [0.2, 0.25) is 0 Å². The van der Waals surface area contributed by atoms with Crippen LogP contribution in [-0.2, 0) is 0 Å². The van der Waals surface area contributed by atoms with Gasteiger partial charge in [0.15, 0.2) is 0 Å². The summed E-state index contributed by atoms with van der Waals surface area (Å²) < 4.78 is 0. The van der Waals surface area contributed by atoms with E-state index in [1.54, 1.807) is 0 Å². The van der Waals surface area contributed by atoms with Gasteiger partial charge >= 0.3 is 0 Å². The van der Waals surface area contributed by atoms with Crippen molar-refractivity contribution < 1.29 is 0 Å². The molecule has 2 heteroatoms. The van der Waals surface area contributed by atoms with Crippen LogP contribution in [0.5, 0.6) is 0 Å². The number of nitrogens with two attached hydrogens (primary N) is 1. The van der Waals surface area contributed by atoms with Gasteiger partial charge in [-0.2, -0.15) is 0 Å². The van der Waals surface area contributed by atoms with Crippen LogP contribution in [0, 0.1) is 0 Å². The molecule has 0 aliphatic carbocycles. The van der Waals surface area contributed by atoms with Crippen LogP contribution in [0.1, 0.15) is 30.0 Å². The Morgan fingerprint density at radius 1 is 1.00 bits per heavy atom. The molecule has 2 nitrogen and oxygen atoms in total. The second-order valence-electron chi connectivity index (χ2n) is 5.36. The number of hydrogen-bond donors (Lipinski definition) is 1. The van der Waals surface area contributed by atoms with Crippen molar-refractivity contribution in [1.29, 1.82) is 0 Å². The third kappa shape index (κ3) is 2.36. The van der Waals surface area contributed by atoms with E-state index in [0.717, 1.165) is 13.1 Å². The van der Waals surface area contributed by atoms with Crippen LogP contribution in [-0.4, -0.2) is 13.1 Å². The number of para-hydroxylation sites is 1. The Labute approximate surface area is 114 Å². The van der Waals surface area contributed by atoms with Crippen LogP contribution in [0.4, 0.5) is 5.69 Å². The first kappa shape index (κ1) is 12.2. The van der Waals surface area contributed by atoms with Crippen molar-refractivity contribution in [2.75, 3.05) is 18.0 Å². The fourth-order valence-corrected chi connectivity index (χ4v) is 2.77. The molecule has 0 spiro atoms. The molecule has 3 rings (SSSR count). The van der Waals surface area contributed by atoms with Gasteiger partial charge in [-0.25, -0.2) is 0 Å². The summed E-state index contributed by atoms with van der Waals surface area (Å²) in [6.45, 7) is 4.23. The fraction of sp³-hybridized carbons (Fsp3) is 0.294. The van der Waals surface area contributed by atoms with E-state index in [9.17, 15) is 0 Å². The van der Waals surface area contributed by atoms with Crippen LogP contribution in [0.15, 0.2) is 54.6 Å². The maximum absolute atomic E-state index is 6.05. The van der Waals surface area contributed by atoms with Crippen molar-refractivity contribution >= 4 is 5.69 Å². The largest absolute Gasteiger partial charge is 0.370 e. The lowest BCUT2D eigenvalue weighted by Crippen LogP contribution is -2.45. The standard InChI is InChI=1S/C17H20N2/c1-13(18)16-9-5-6-10-17(16)19-11-15(12-19)14-7-3-2-4-8-14/h2-10,13,15H,11-12,18H2,1H3. The summed E-state index contributed by atoms with van der Waals surface area (Å²) >= 11 is 0. The summed E-state index contributed by atoms with van der Waals surface area (Å²) in [6.07, 6.45) is 0. The van der Waals surface area contributed by atoms with E-state index in [1.165, 1.54) is 16.8 Å². The molecule has 1 heterocycles. The molecule has 98 valence electrons. The highest BCUT2D eigenvalue weighted by atomic mass is 15.2. The monoisotopic (exact) mass is 252 g/mol. The smallest absolute Gasteiger partial charge is 0.0414 e. The first-order valence-electron chi connectivity index (χ1n) is 6.90. The second kappa shape index (κ2) is 5.06. The van der Waals surface area contributed by atoms with Gasteiger partial charge in [-0.05, 0) is 24.1 Å². The van der Waals surface area contributed by atoms with Crippen LogP contribution in [0.2, 0.25) is 0 Å². The van der Waals surface area contributed by atoms with E-state index in [1.807, 2.05) is 6.92 Å². The molecule has 1 unspecified atom stereocenters. The van der Waals surface area contributed by atoms with Gasteiger partial charge in [0.05, 0.1) is 0 Å². The van der Waals surface area contributed by atoms with Gasteiger partial charge in [-0.3, -0.25) is 0 Å². The molecule has 19 heavy (non-hydrogen) atoms. The molecule has 1 fully saturated rings. The Hall–Kier alpha value is -1.80. The van der Waals surface area contributed by atoms with E-state index < -0.39 is 0 Å². The van der Waals surface area contributed by atoms with E-state index in [2.05, 4.69) is 59.5 Å². The van der Waals surface area contributed by atoms with Crippen molar-refractivity contribution in [2.24, 2.45) is 5.73 Å². The first-order valence-corrected chi connectivity index (χ1v) is 6.90. The van der Waals surface area contributed by atoms with Crippen molar-refractivity contribution in [3.63, 3.8) is 0 Å². The molecule has 1 atom stereocenters. The Balaban J connectivity index is 1.74. The number of benzene rings is 2. The van der Waals surface area contributed by atoms with Crippen molar-refractivity contribution in [2.45, 2.75) is 18.9 Å². The van der Waals surface area contributed by atoms with Crippen molar-refractivity contribution in [3.8, 4) is 0 Å². The summed E-state index contributed by atoms with van der Waals surface area (Å²) in [5.41, 5.74) is 10.0. The van der Waals surface area contributed by atoms with Gasteiger partial charge in [0, 0.05) is 30.7 Å². The molecule has 2 N–H and O–H groups in total. The lowest BCUT2D eigenvalue weighted by atomic mass is 9.90. The zero-order valence-corrected chi connectivity index (χ0v) is 11.3. The number of hydrogen-bond acceptors (Lipinski definition) is 2. The highest BCUT2D eigenvalue weighted by molar-refractivity contribution is 5.57. The van der Waals surface area contributed by atoms with Crippen LogP contribution >= 0.6 is 0 Å². The second-order valence-corrected chi connectivity index (χ2v) is 5.36. The summed E-state index contributed by atoms with van der Waals surface area (Å²) in [5.74, 6) is 0.655. The predicted molar refractivity (Wildman–Crippen MR) is 80.4 cm³/mol. The molecular formula is C17H20N2. The van der Waals surface area contributed by atoms with E-state index >= 15 is 0 Å². The zero-order chi connectivity index (χ0) is 13.2. The Morgan fingerprint density at radius 3 is 2.32 bits per heavy atom. The average Bonchev–Trinajstić information content (AvgIpc) is 2.39. The summed E-state index contributed by atoms with van der Waals surface area (Å²) in [7, 11) is 0. The topological polar surface area (TPSA) is 29.3 Å². The molecule has 1 saturated heterocycles. The minimum Gasteiger partial charge on any atom is -0.370 e. The molecule has 0 amide bonds. The summed E-state index contributed by atoms with van der Waals surface area (Å²) in [4.78, 5) is 2.43. The average molecular weight is 252 g/mol. The van der Waals surface area contributed by atoms with Gasteiger partial charge in [0.1, 0.15) is 0 Å². The molecule has 1 aliphatic heterocycles. The fourth-order valence-electron chi connectivity index (χ4n) is 2.77. The zero-order valence-electron chi connectivity index (χ0n) is 11.3. The highest BCUT2D eigenvalue weighted by Crippen LogP contribution is 2.34. The van der Waals surface area contributed by atoms with Crippen LogP contribution < -0.4 is 10.6 Å². The third-order valence-corrected chi connectivity index (χ3v) is 3.92. The minimum absolute atomic E-state index is 0.0898. The Kier molecular flexibility index (Phi) is 3.26. The maximum Gasteiger partial charge on any atom is 0.0414 e. The van der Waals surface area contributed by atoms with E-state index in [4.69, 9.17) is 5.73 Å². The van der Waals surface area contributed by atoms with Crippen LogP contribution in [0.3, 0.4) is 0 Å². The third-order valence-electron chi connectivity index (χ3n) is 3.92. The molecule has 2 aromatic carbocycles. The molecule has 0 bridgehead atoms. The maximum atomic E-state index is 6.05. The molecular weight excluding hydrogens is 232 g/mol. The molecule has 0 radical (unpaired) electrons. The van der Waals surface area contributed by atoms with Gasteiger partial charge in [-0.1, -0.05) is 48.5 Å². The molecule has 1 aliphatic rings. The number of rotatable bonds is 3. The molecule has 2 aromatic rings. The normalized spacial score (nSPS) is 17.1. The highest BCUT2D eigenvalue weighted by Gasteiger charge is 2.29. The number of nitrogens with zero attached hydrogens (tertiary/aromatic N) is 1. The van der Waals surface area contributed by atoms with Crippen molar-refractivity contribution in [3.05, 3.63) is 65.7 Å². The SMILES string of the molecule is CC(N)c1ccccc1N1CC(c2ccccc2)C1. The van der Waals surface area contributed by atoms with Crippen LogP contribution in [0.25, 0.3) is 0 Å². The summed E-state index contributed by atoms with van der Waals surface area (Å²) in [5, 5.41) is 0. The van der Waals surface area contributed by atoms with Gasteiger partial charge in [-0.15, -0.1) is 0 Å². The van der Waals surface area contributed by atoms with E-state index in [0.29, 0.717) is 5.92 Å². The lowest BCUT2D eigenvalue weighted by Gasteiger charge is -2.42. The Morgan fingerprint density at radius 2 is 1.63 bits per heavy atom. The predicted octanol–water partition coefficient (Wildman–Crippen LogP) is 3.31. The van der Waals surface area contributed by atoms with Gasteiger partial charge < -0.3 is 10.6 Å². The number of anilines is 1. The van der Waals surface area contributed by atoms with Crippen molar-refractivity contribution in [1.82, 2.24) is 0 Å². The van der Waals surface area contributed by atoms with E-state index in [-0.39, 0.29) is 6.04 Å². The first-order chi connectivity index (χ1) is 9.25.